The van der Waals surface area contributed by atoms with Gasteiger partial charge in [0.15, 0.2) is 23.1 Å². The molecule has 0 amide bonds. The van der Waals surface area contributed by atoms with Gasteiger partial charge in [-0.3, -0.25) is 0 Å². The molecule has 0 bridgehead atoms. The van der Waals surface area contributed by atoms with Gasteiger partial charge in [0.1, 0.15) is 42.5 Å². The number of epoxide rings is 2. The summed E-state index contributed by atoms with van der Waals surface area (Å²) < 4.78 is 100.0. The van der Waals surface area contributed by atoms with Crippen molar-refractivity contribution in [2.75, 3.05) is 26.4 Å². The van der Waals surface area contributed by atoms with E-state index in [1.165, 1.54) is 30.3 Å². The van der Waals surface area contributed by atoms with Crippen molar-refractivity contribution in [1.82, 2.24) is 0 Å². The average molecular weight is 619 g/mol. The van der Waals surface area contributed by atoms with Gasteiger partial charge in [-0.1, -0.05) is 12.1 Å². The molecule has 8 nitrogen and oxygen atoms in total. The van der Waals surface area contributed by atoms with Crippen LogP contribution in [-0.4, -0.2) is 50.6 Å². The van der Waals surface area contributed by atoms with E-state index >= 15 is 0 Å². The summed E-state index contributed by atoms with van der Waals surface area (Å²) in [5.74, 6) is -4.91. The number of rotatable bonds is 12. The van der Waals surface area contributed by atoms with E-state index in [4.69, 9.17) is 28.4 Å². The largest absolute Gasteiger partial charge is 0.488 e. The maximum absolute atomic E-state index is 14.2. The fourth-order valence-corrected chi connectivity index (χ4v) is 3.67. The molecule has 0 aromatic heterocycles. The molecule has 5 rings (SSSR count). The van der Waals surface area contributed by atoms with E-state index in [0.717, 1.165) is 42.5 Å². The summed E-state index contributed by atoms with van der Waals surface area (Å²) in [4.78, 5) is 24.5. The van der Waals surface area contributed by atoms with Crippen LogP contribution in [0.5, 0.6) is 23.0 Å². The van der Waals surface area contributed by atoms with Crippen LogP contribution in [0, 0.1) is 11.6 Å². The molecular weight excluding hydrogens is 595 g/mol. The Bertz CT molecular complexity index is 1590. The van der Waals surface area contributed by atoms with Crippen LogP contribution in [0.25, 0.3) is 12.2 Å². The maximum Gasteiger partial charge on any atom is 0.420 e. The molecule has 0 spiro atoms. The van der Waals surface area contributed by atoms with Crippen molar-refractivity contribution >= 4 is 24.1 Å². The molecule has 0 saturated carbocycles. The number of halogens is 5. The van der Waals surface area contributed by atoms with Crippen LogP contribution in [0.2, 0.25) is 0 Å². The smallest absolute Gasteiger partial charge is 0.420 e. The van der Waals surface area contributed by atoms with Crippen LogP contribution in [-0.2, 0) is 25.2 Å². The van der Waals surface area contributed by atoms with E-state index in [2.05, 4.69) is 0 Å². The summed E-state index contributed by atoms with van der Waals surface area (Å²) in [7, 11) is 0. The third-order valence-electron chi connectivity index (χ3n) is 6.08. The van der Waals surface area contributed by atoms with Crippen LogP contribution in [0.3, 0.4) is 0 Å². The first-order chi connectivity index (χ1) is 21.0. The fraction of sp³-hybridized carbons (Fsp3) is 0.226. The van der Waals surface area contributed by atoms with E-state index in [9.17, 15) is 31.5 Å². The first-order valence-corrected chi connectivity index (χ1v) is 13.1. The minimum Gasteiger partial charge on any atom is -0.488 e. The maximum atomic E-state index is 14.2. The number of ether oxygens (including phenoxy) is 6. The lowest BCUT2D eigenvalue weighted by Crippen LogP contribution is -2.13. The first-order valence-electron chi connectivity index (χ1n) is 13.1. The molecule has 2 unspecified atom stereocenters. The zero-order valence-electron chi connectivity index (χ0n) is 22.6. The normalized spacial score (nSPS) is 17.5. The summed E-state index contributed by atoms with van der Waals surface area (Å²) in [5.41, 5.74) is -0.872. The minimum atomic E-state index is -4.98. The van der Waals surface area contributed by atoms with Gasteiger partial charge in [0.25, 0.3) is 0 Å². The van der Waals surface area contributed by atoms with E-state index in [1.807, 2.05) is 0 Å². The molecule has 44 heavy (non-hydrogen) atoms. The van der Waals surface area contributed by atoms with Gasteiger partial charge in [-0.15, -0.1) is 0 Å². The molecule has 230 valence electrons. The van der Waals surface area contributed by atoms with Crippen molar-refractivity contribution in [2.24, 2.45) is 0 Å². The summed E-state index contributed by atoms with van der Waals surface area (Å²) in [5, 5.41) is 0. The van der Waals surface area contributed by atoms with Gasteiger partial charge in [0, 0.05) is 12.2 Å². The van der Waals surface area contributed by atoms with Gasteiger partial charge in [0.2, 0.25) is 0 Å². The topological polar surface area (TPSA) is 96.1 Å². The number of esters is 2. The Hall–Kier alpha value is -4.75. The summed E-state index contributed by atoms with van der Waals surface area (Å²) in [6, 6.07) is 10.1. The second-order valence-electron chi connectivity index (χ2n) is 9.58. The summed E-state index contributed by atoms with van der Waals surface area (Å²) in [6.07, 6.45) is -1.01. The van der Waals surface area contributed by atoms with Crippen LogP contribution in [0.1, 0.15) is 16.7 Å². The van der Waals surface area contributed by atoms with Gasteiger partial charge < -0.3 is 28.4 Å². The quantitative estimate of drug-likeness (QED) is 0.0830. The van der Waals surface area contributed by atoms with Crippen LogP contribution in [0.15, 0.2) is 66.7 Å². The zero-order valence-corrected chi connectivity index (χ0v) is 22.6. The van der Waals surface area contributed by atoms with Crippen molar-refractivity contribution in [1.29, 1.82) is 0 Å². The lowest BCUT2D eigenvalue weighted by molar-refractivity contribution is -0.141. The Morgan fingerprint density at radius 3 is 1.66 bits per heavy atom. The molecular formula is C31H23F5O8. The number of hydrogen-bond acceptors (Lipinski definition) is 8. The van der Waals surface area contributed by atoms with E-state index in [0.29, 0.717) is 19.3 Å². The molecule has 2 aliphatic heterocycles. The molecule has 0 N–H and O–H groups in total. The van der Waals surface area contributed by atoms with Crippen LogP contribution < -0.4 is 18.9 Å². The molecule has 2 saturated heterocycles. The van der Waals surface area contributed by atoms with E-state index in [-0.39, 0.29) is 48.0 Å². The molecule has 2 fully saturated rings. The van der Waals surface area contributed by atoms with E-state index in [1.54, 1.807) is 0 Å². The standard InChI is InChI=1S/C31H23F5O8/c32-24-11-18(1-6-27(24)41-16-21-14-39-21)3-9-29(37)43-20-5-8-26(23(13-20)31(34,35)36)44-30(38)10-4-19-2-7-28(25(33)12-19)42-17-22-15-40-22/h1-13,21-22H,14-17H2/b9-3+,10-4+. The fourth-order valence-electron chi connectivity index (χ4n) is 3.67. The Labute approximate surface area is 247 Å². The second-order valence-corrected chi connectivity index (χ2v) is 9.58. The van der Waals surface area contributed by atoms with Gasteiger partial charge >= 0.3 is 18.1 Å². The number of carbonyl (C=O) groups is 2. The van der Waals surface area contributed by atoms with Crippen molar-refractivity contribution in [3.05, 3.63) is 95.1 Å². The SMILES string of the molecule is O=C(/C=C/c1ccc(OCC2CO2)c(F)c1)Oc1ccc(OC(=O)/C=C/c2ccc(OCC3CO3)c(F)c2)c(C(F)(F)F)c1. The average Bonchev–Trinajstić information content (AvgIpc) is 3.90. The third-order valence-corrected chi connectivity index (χ3v) is 6.08. The number of alkyl halides is 3. The molecule has 13 heteroatoms. The molecule has 2 heterocycles. The highest BCUT2D eigenvalue weighted by Crippen LogP contribution is 2.38. The lowest BCUT2D eigenvalue weighted by Gasteiger charge is -2.13. The zero-order chi connectivity index (χ0) is 31.3. The Balaban J connectivity index is 1.19. The highest BCUT2D eigenvalue weighted by atomic mass is 19.4. The lowest BCUT2D eigenvalue weighted by atomic mass is 10.1. The highest BCUT2D eigenvalue weighted by Gasteiger charge is 2.35. The predicted molar refractivity (Wildman–Crippen MR) is 144 cm³/mol. The molecule has 3 aromatic carbocycles. The van der Waals surface area contributed by atoms with Crippen LogP contribution in [0.4, 0.5) is 22.0 Å². The van der Waals surface area contributed by atoms with Gasteiger partial charge in [-0.2, -0.15) is 13.2 Å². The van der Waals surface area contributed by atoms with E-state index < -0.39 is 46.8 Å². The van der Waals surface area contributed by atoms with Gasteiger partial charge in [-0.05, 0) is 65.7 Å². The first kappa shape index (κ1) is 30.7. The molecule has 0 aliphatic carbocycles. The summed E-state index contributed by atoms with van der Waals surface area (Å²) in [6.45, 7) is 1.49. The molecule has 2 atom stereocenters. The number of carbonyl (C=O) groups excluding carboxylic acids is 2. The van der Waals surface area contributed by atoms with Gasteiger partial charge in [0.05, 0.1) is 13.2 Å². The predicted octanol–water partition coefficient (Wildman–Crippen LogP) is 5.78. The number of hydrogen-bond donors (Lipinski definition) is 0. The van der Waals surface area contributed by atoms with Crippen molar-refractivity contribution < 1.29 is 60.0 Å². The Morgan fingerprint density at radius 1 is 0.727 bits per heavy atom. The molecule has 2 aliphatic rings. The Kier molecular flexibility index (Phi) is 9.26. The van der Waals surface area contributed by atoms with Gasteiger partial charge in [-0.25, -0.2) is 18.4 Å². The monoisotopic (exact) mass is 618 g/mol. The second kappa shape index (κ2) is 13.3. The van der Waals surface area contributed by atoms with Crippen molar-refractivity contribution in [2.45, 2.75) is 18.4 Å². The molecule has 3 aromatic rings. The van der Waals surface area contributed by atoms with Crippen molar-refractivity contribution in [3.63, 3.8) is 0 Å². The summed E-state index contributed by atoms with van der Waals surface area (Å²) >= 11 is 0. The Morgan fingerprint density at radius 2 is 1.20 bits per heavy atom. The van der Waals surface area contributed by atoms with Crippen molar-refractivity contribution in [3.8, 4) is 23.0 Å². The highest BCUT2D eigenvalue weighted by molar-refractivity contribution is 5.90. The minimum absolute atomic E-state index is 0.00416. The third kappa shape index (κ3) is 8.88. The number of benzene rings is 3. The molecule has 0 radical (unpaired) electrons. The van der Waals surface area contributed by atoms with Crippen LogP contribution >= 0.6 is 0 Å².